The van der Waals surface area contributed by atoms with Crippen molar-refractivity contribution in [3.05, 3.63) is 35.5 Å². The van der Waals surface area contributed by atoms with Gasteiger partial charge in [0.25, 0.3) is 0 Å². The molecule has 1 aromatic carbocycles. The van der Waals surface area contributed by atoms with Crippen molar-refractivity contribution in [1.29, 1.82) is 0 Å². The molecule has 0 atom stereocenters. The predicted molar refractivity (Wildman–Crippen MR) is 93.0 cm³/mol. The highest BCUT2D eigenvalue weighted by molar-refractivity contribution is 5.92. The number of hydrogen-bond donors (Lipinski definition) is 3. The fraction of sp³-hybridized carbons (Fsp3) is 0.474. The number of H-pyrrole nitrogens is 1. The van der Waals surface area contributed by atoms with Crippen LogP contribution in [0, 0.1) is 0 Å². The number of benzene rings is 1. The second-order valence-corrected chi connectivity index (χ2v) is 6.68. The second kappa shape index (κ2) is 6.67. The maximum Gasteiger partial charge on any atom is 0.329 e. The normalized spacial score (nSPS) is 16.9. The van der Waals surface area contributed by atoms with Gasteiger partial charge in [-0.25, -0.2) is 4.79 Å². The van der Waals surface area contributed by atoms with E-state index in [-0.39, 0.29) is 12.3 Å². The molecule has 24 heavy (non-hydrogen) atoms. The Morgan fingerprint density at radius 1 is 1.21 bits per heavy atom. The summed E-state index contributed by atoms with van der Waals surface area (Å²) in [6.45, 7) is 2.10. The van der Waals surface area contributed by atoms with Crippen LogP contribution in [0.5, 0.6) is 0 Å². The average molecular weight is 328 g/mol. The number of aliphatic carboxylic acids is 1. The van der Waals surface area contributed by atoms with E-state index in [1.54, 1.807) is 0 Å². The number of rotatable bonds is 5. The molecule has 5 heteroatoms. The molecule has 0 saturated heterocycles. The Morgan fingerprint density at radius 3 is 2.62 bits per heavy atom. The van der Waals surface area contributed by atoms with E-state index in [1.165, 1.54) is 5.56 Å². The zero-order chi connectivity index (χ0) is 17.2. The molecule has 3 N–H and O–H groups in total. The Labute approximate surface area is 141 Å². The maximum atomic E-state index is 12.5. The summed E-state index contributed by atoms with van der Waals surface area (Å²) in [5.41, 5.74) is 2.10. The van der Waals surface area contributed by atoms with E-state index in [1.807, 2.05) is 18.3 Å². The number of aryl methyl sites for hydroxylation is 1. The number of carbonyl (C=O) groups excluding carboxylic acids is 1. The lowest BCUT2D eigenvalue weighted by Crippen LogP contribution is -2.55. The van der Waals surface area contributed by atoms with Crippen molar-refractivity contribution >= 4 is 22.8 Å². The predicted octanol–water partition coefficient (Wildman–Crippen LogP) is 3.18. The van der Waals surface area contributed by atoms with E-state index in [4.69, 9.17) is 0 Å². The van der Waals surface area contributed by atoms with Gasteiger partial charge < -0.3 is 15.4 Å². The smallest absolute Gasteiger partial charge is 0.329 e. The number of aromatic nitrogens is 1. The van der Waals surface area contributed by atoms with Crippen LogP contribution in [0.25, 0.3) is 10.9 Å². The molecule has 128 valence electrons. The largest absolute Gasteiger partial charge is 0.480 e. The van der Waals surface area contributed by atoms with Crippen molar-refractivity contribution in [2.45, 2.75) is 57.4 Å². The highest BCUT2D eigenvalue weighted by atomic mass is 16.4. The van der Waals surface area contributed by atoms with Crippen LogP contribution in [0.15, 0.2) is 24.4 Å². The van der Waals surface area contributed by atoms with Crippen LogP contribution in [0.2, 0.25) is 0 Å². The van der Waals surface area contributed by atoms with E-state index >= 15 is 0 Å². The van der Waals surface area contributed by atoms with Crippen LogP contribution >= 0.6 is 0 Å². The third-order valence-electron chi connectivity index (χ3n) is 5.11. The summed E-state index contributed by atoms with van der Waals surface area (Å²) in [5, 5.41) is 13.4. The Balaban J connectivity index is 1.78. The summed E-state index contributed by atoms with van der Waals surface area (Å²) >= 11 is 0. The molecule has 1 aliphatic carbocycles. The number of carbonyl (C=O) groups is 2. The second-order valence-electron chi connectivity index (χ2n) is 6.68. The van der Waals surface area contributed by atoms with Gasteiger partial charge >= 0.3 is 5.97 Å². The van der Waals surface area contributed by atoms with Crippen molar-refractivity contribution in [1.82, 2.24) is 10.3 Å². The highest BCUT2D eigenvalue weighted by Crippen LogP contribution is 2.29. The van der Waals surface area contributed by atoms with Gasteiger partial charge in [0.1, 0.15) is 5.54 Å². The molecule has 0 bridgehead atoms. The first-order valence-corrected chi connectivity index (χ1v) is 8.68. The molecule has 1 aliphatic rings. The average Bonchev–Trinajstić information content (AvgIpc) is 2.98. The first-order valence-electron chi connectivity index (χ1n) is 8.68. The number of aromatic amines is 1. The zero-order valence-corrected chi connectivity index (χ0v) is 14.0. The standard InChI is InChI=1S/C19H24N2O3/c1-2-13-7-6-8-15-14(12-20-17(13)15)11-16(22)21-19(18(23)24)9-4-3-5-10-19/h6-8,12,20H,2-5,9-11H2,1H3,(H,21,22)(H,23,24). The van der Waals surface area contributed by atoms with E-state index in [2.05, 4.69) is 23.3 Å². The minimum atomic E-state index is -1.09. The fourth-order valence-corrected chi connectivity index (χ4v) is 3.75. The van der Waals surface area contributed by atoms with Gasteiger partial charge in [0.15, 0.2) is 0 Å². The summed E-state index contributed by atoms with van der Waals surface area (Å²) in [5.74, 6) is -1.13. The zero-order valence-electron chi connectivity index (χ0n) is 14.0. The third kappa shape index (κ3) is 3.03. The molecule has 1 amide bonds. The number of hydrogen-bond acceptors (Lipinski definition) is 2. The topological polar surface area (TPSA) is 82.2 Å². The Kier molecular flexibility index (Phi) is 4.60. The molecule has 1 heterocycles. The minimum absolute atomic E-state index is 0.197. The van der Waals surface area contributed by atoms with Crippen molar-refractivity contribution < 1.29 is 14.7 Å². The van der Waals surface area contributed by atoms with Gasteiger partial charge in [-0.3, -0.25) is 4.79 Å². The lowest BCUT2D eigenvalue weighted by Gasteiger charge is -2.34. The number of carboxylic acids is 1. The number of amides is 1. The van der Waals surface area contributed by atoms with Crippen LogP contribution in [-0.4, -0.2) is 27.5 Å². The number of fused-ring (bicyclic) bond motifs is 1. The molecule has 0 aliphatic heterocycles. The van der Waals surface area contributed by atoms with Crippen molar-refractivity contribution in [3.8, 4) is 0 Å². The highest BCUT2D eigenvalue weighted by Gasteiger charge is 2.40. The first-order chi connectivity index (χ1) is 11.6. The van der Waals surface area contributed by atoms with Crippen LogP contribution in [0.3, 0.4) is 0 Å². The number of carboxylic acid groups (broad SMARTS) is 1. The number of nitrogens with one attached hydrogen (secondary N) is 2. The van der Waals surface area contributed by atoms with Gasteiger partial charge in [-0.2, -0.15) is 0 Å². The minimum Gasteiger partial charge on any atom is -0.480 e. The van der Waals surface area contributed by atoms with Crippen molar-refractivity contribution in [3.63, 3.8) is 0 Å². The van der Waals surface area contributed by atoms with Gasteiger partial charge in [0.05, 0.1) is 6.42 Å². The van der Waals surface area contributed by atoms with Gasteiger partial charge in [-0.15, -0.1) is 0 Å². The van der Waals surface area contributed by atoms with Crippen LogP contribution in [-0.2, 0) is 22.4 Å². The molecule has 1 fully saturated rings. The van der Waals surface area contributed by atoms with Crippen molar-refractivity contribution in [2.75, 3.05) is 0 Å². The van der Waals surface area contributed by atoms with E-state index < -0.39 is 11.5 Å². The Hall–Kier alpha value is -2.30. The van der Waals surface area contributed by atoms with Crippen LogP contribution < -0.4 is 5.32 Å². The number of para-hydroxylation sites is 1. The van der Waals surface area contributed by atoms with E-state index in [0.717, 1.165) is 42.1 Å². The molecule has 0 unspecified atom stereocenters. The van der Waals surface area contributed by atoms with Gasteiger partial charge in [-0.1, -0.05) is 44.4 Å². The molecule has 2 aromatic rings. The van der Waals surface area contributed by atoms with Crippen molar-refractivity contribution in [2.24, 2.45) is 0 Å². The molecule has 0 radical (unpaired) electrons. The fourth-order valence-electron chi connectivity index (χ4n) is 3.75. The molecular weight excluding hydrogens is 304 g/mol. The Morgan fingerprint density at radius 2 is 1.96 bits per heavy atom. The summed E-state index contributed by atoms with van der Waals surface area (Å²) in [4.78, 5) is 27.4. The summed E-state index contributed by atoms with van der Waals surface area (Å²) in [7, 11) is 0. The van der Waals surface area contributed by atoms with Crippen LogP contribution in [0.4, 0.5) is 0 Å². The van der Waals surface area contributed by atoms with E-state index in [0.29, 0.717) is 12.8 Å². The summed E-state index contributed by atoms with van der Waals surface area (Å²) in [6, 6.07) is 6.07. The monoisotopic (exact) mass is 328 g/mol. The Bertz CT molecular complexity index is 757. The third-order valence-corrected chi connectivity index (χ3v) is 5.11. The van der Waals surface area contributed by atoms with Gasteiger partial charge in [0, 0.05) is 17.1 Å². The summed E-state index contributed by atoms with van der Waals surface area (Å²) in [6.07, 6.45) is 6.74. The summed E-state index contributed by atoms with van der Waals surface area (Å²) < 4.78 is 0. The quantitative estimate of drug-likeness (QED) is 0.788. The molecular formula is C19H24N2O3. The molecule has 1 saturated carbocycles. The lowest BCUT2D eigenvalue weighted by molar-refractivity contribution is -0.149. The first kappa shape index (κ1) is 16.6. The van der Waals surface area contributed by atoms with Crippen LogP contribution in [0.1, 0.15) is 50.2 Å². The van der Waals surface area contributed by atoms with E-state index in [9.17, 15) is 14.7 Å². The maximum absolute atomic E-state index is 12.5. The molecule has 1 aromatic heterocycles. The van der Waals surface area contributed by atoms with Gasteiger partial charge in [0.2, 0.25) is 5.91 Å². The molecule has 3 rings (SSSR count). The van der Waals surface area contributed by atoms with Gasteiger partial charge in [-0.05, 0) is 30.4 Å². The molecule has 5 nitrogen and oxygen atoms in total. The molecule has 0 spiro atoms. The lowest BCUT2D eigenvalue weighted by atomic mass is 9.81. The SMILES string of the molecule is CCc1cccc2c(CC(=O)NC3(C(=O)O)CCCCC3)c[nH]c12.